The zero-order valence-corrected chi connectivity index (χ0v) is 11.5. The van der Waals surface area contributed by atoms with Crippen molar-refractivity contribution in [2.45, 2.75) is 6.54 Å². The zero-order chi connectivity index (χ0) is 14.7. The monoisotopic (exact) mass is 285 g/mol. The Bertz CT molecular complexity index is 761. The van der Waals surface area contributed by atoms with Crippen molar-refractivity contribution < 1.29 is 9.53 Å². The van der Waals surface area contributed by atoms with E-state index < -0.39 is 0 Å². The molecule has 0 unspecified atom stereocenters. The Kier molecular flexibility index (Phi) is 3.65. The number of benzene rings is 1. The van der Waals surface area contributed by atoms with Crippen LogP contribution >= 0.6 is 0 Å². The summed E-state index contributed by atoms with van der Waals surface area (Å²) >= 11 is 0. The lowest BCUT2D eigenvalue weighted by molar-refractivity contribution is 0.102. The first kappa shape index (κ1) is 13.3. The molecule has 2 aromatic heterocycles. The van der Waals surface area contributed by atoms with Crippen LogP contribution in [0.5, 0.6) is 0 Å². The number of carbonyl (C=O) groups excluding carboxylic acids is 1. The van der Waals surface area contributed by atoms with Gasteiger partial charge < -0.3 is 10.1 Å². The van der Waals surface area contributed by atoms with Crippen molar-refractivity contribution >= 4 is 22.5 Å². The molecular formula is C14H15N5O2. The molecule has 0 radical (unpaired) electrons. The lowest BCUT2D eigenvalue weighted by Gasteiger charge is -2.00. The SMILES string of the molecule is COCCn1cc(NC(=O)c2n[nH]c3ccccc23)cn1. The molecule has 1 aromatic carbocycles. The van der Waals surface area contributed by atoms with Crippen LogP contribution in [0.3, 0.4) is 0 Å². The lowest BCUT2D eigenvalue weighted by atomic mass is 10.2. The second kappa shape index (κ2) is 5.76. The number of nitrogens with zero attached hydrogens (tertiary/aromatic N) is 3. The number of methoxy groups -OCH3 is 1. The van der Waals surface area contributed by atoms with E-state index in [0.29, 0.717) is 24.5 Å². The van der Waals surface area contributed by atoms with E-state index in [0.717, 1.165) is 10.9 Å². The van der Waals surface area contributed by atoms with Gasteiger partial charge in [0.2, 0.25) is 0 Å². The van der Waals surface area contributed by atoms with Crippen LogP contribution in [0.25, 0.3) is 10.9 Å². The van der Waals surface area contributed by atoms with Crippen LogP contribution in [0.4, 0.5) is 5.69 Å². The van der Waals surface area contributed by atoms with Gasteiger partial charge in [-0.15, -0.1) is 0 Å². The molecule has 0 aliphatic rings. The van der Waals surface area contributed by atoms with Gasteiger partial charge in [0.25, 0.3) is 5.91 Å². The number of nitrogens with one attached hydrogen (secondary N) is 2. The number of aromatic nitrogens is 4. The first-order valence-electron chi connectivity index (χ1n) is 6.54. The van der Waals surface area contributed by atoms with Gasteiger partial charge in [-0.2, -0.15) is 10.2 Å². The Balaban J connectivity index is 1.75. The van der Waals surface area contributed by atoms with Gasteiger partial charge in [0.15, 0.2) is 5.69 Å². The number of para-hydroxylation sites is 1. The van der Waals surface area contributed by atoms with Crippen LogP contribution in [-0.2, 0) is 11.3 Å². The molecule has 1 amide bonds. The Morgan fingerprint density at radius 2 is 2.29 bits per heavy atom. The summed E-state index contributed by atoms with van der Waals surface area (Å²) < 4.78 is 6.69. The number of ether oxygens (including phenoxy) is 1. The molecule has 0 fully saturated rings. The van der Waals surface area contributed by atoms with E-state index in [4.69, 9.17) is 4.74 Å². The van der Waals surface area contributed by atoms with Crippen molar-refractivity contribution in [2.24, 2.45) is 0 Å². The number of amides is 1. The van der Waals surface area contributed by atoms with Crippen molar-refractivity contribution in [2.75, 3.05) is 19.0 Å². The quantitative estimate of drug-likeness (QED) is 0.746. The van der Waals surface area contributed by atoms with Crippen LogP contribution in [0.1, 0.15) is 10.5 Å². The van der Waals surface area contributed by atoms with Crippen molar-refractivity contribution in [1.82, 2.24) is 20.0 Å². The summed E-state index contributed by atoms with van der Waals surface area (Å²) in [4.78, 5) is 12.3. The molecule has 7 nitrogen and oxygen atoms in total. The molecule has 0 atom stereocenters. The van der Waals surface area contributed by atoms with Crippen LogP contribution in [0.2, 0.25) is 0 Å². The van der Waals surface area contributed by atoms with Gasteiger partial charge in [0.1, 0.15) is 0 Å². The Labute approximate surface area is 120 Å². The molecule has 3 aromatic rings. The van der Waals surface area contributed by atoms with E-state index in [2.05, 4.69) is 20.6 Å². The molecule has 3 rings (SSSR count). The van der Waals surface area contributed by atoms with Crippen LogP contribution < -0.4 is 5.32 Å². The van der Waals surface area contributed by atoms with Crippen LogP contribution in [0, 0.1) is 0 Å². The molecule has 108 valence electrons. The first-order chi connectivity index (χ1) is 10.3. The number of aromatic amines is 1. The van der Waals surface area contributed by atoms with E-state index in [9.17, 15) is 4.79 Å². The van der Waals surface area contributed by atoms with Gasteiger partial charge in [0.05, 0.1) is 30.6 Å². The second-order valence-electron chi connectivity index (χ2n) is 4.56. The first-order valence-corrected chi connectivity index (χ1v) is 6.54. The molecule has 0 saturated carbocycles. The highest BCUT2D eigenvalue weighted by atomic mass is 16.5. The average Bonchev–Trinajstić information content (AvgIpc) is 3.11. The molecule has 0 spiro atoms. The number of H-pyrrole nitrogens is 1. The van der Waals surface area contributed by atoms with E-state index in [1.807, 2.05) is 24.3 Å². The number of hydrogen-bond donors (Lipinski definition) is 2. The average molecular weight is 285 g/mol. The molecule has 0 saturated heterocycles. The second-order valence-corrected chi connectivity index (χ2v) is 4.56. The fourth-order valence-corrected chi connectivity index (χ4v) is 2.06. The normalized spacial score (nSPS) is 10.9. The molecule has 21 heavy (non-hydrogen) atoms. The summed E-state index contributed by atoms with van der Waals surface area (Å²) in [5.74, 6) is -0.265. The maximum atomic E-state index is 12.3. The maximum absolute atomic E-state index is 12.3. The summed E-state index contributed by atoms with van der Waals surface area (Å²) in [5, 5.41) is 14.6. The number of carbonyl (C=O) groups is 1. The summed E-state index contributed by atoms with van der Waals surface area (Å²) in [5.41, 5.74) is 1.83. The predicted octanol–water partition coefficient (Wildman–Crippen LogP) is 1.66. The standard InChI is InChI=1S/C14H15N5O2/c1-21-7-6-19-9-10(8-15-19)16-14(20)13-11-4-2-3-5-12(11)17-18-13/h2-5,8-9H,6-7H2,1H3,(H,16,20)(H,17,18). The van der Waals surface area contributed by atoms with Gasteiger partial charge in [0, 0.05) is 18.7 Å². The minimum absolute atomic E-state index is 0.265. The van der Waals surface area contributed by atoms with Crippen molar-refractivity contribution in [3.8, 4) is 0 Å². The van der Waals surface area contributed by atoms with E-state index in [1.54, 1.807) is 24.2 Å². The fourth-order valence-electron chi connectivity index (χ4n) is 2.06. The Morgan fingerprint density at radius 1 is 1.43 bits per heavy atom. The van der Waals surface area contributed by atoms with E-state index in [1.165, 1.54) is 0 Å². The molecular weight excluding hydrogens is 270 g/mol. The maximum Gasteiger partial charge on any atom is 0.276 e. The lowest BCUT2D eigenvalue weighted by Crippen LogP contribution is -2.12. The third kappa shape index (κ3) is 2.77. The number of anilines is 1. The minimum Gasteiger partial charge on any atom is -0.383 e. The van der Waals surface area contributed by atoms with Gasteiger partial charge in [-0.3, -0.25) is 14.6 Å². The highest BCUT2D eigenvalue weighted by Gasteiger charge is 2.14. The molecule has 0 bridgehead atoms. The third-order valence-corrected chi connectivity index (χ3v) is 3.10. The predicted molar refractivity (Wildman–Crippen MR) is 78.1 cm³/mol. The Morgan fingerprint density at radius 3 is 3.14 bits per heavy atom. The number of rotatable bonds is 5. The highest BCUT2D eigenvalue weighted by Crippen LogP contribution is 2.16. The summed E-state index contributed by atoms with van der Waals surface area (Å²) in [6.45, 7) is 1.21. The summed E-state index contributed by atoms with van der Waals surface area (Å²) in [7, 11) is 1.63. The van der Waals surface area contributed by atoms with Gasteiger partial charge in [-0.05, 0) is 6.07 Å². The largest absolute Gasteiger partial charge is 0.383 e. The van der Waals surface area contributed by atoms with Crippen LogP contribution in [-0.4, -0.2) is 39.6 Å². The minimum atomic E-state index is -0.265. The van der Waals surface area contributed by atoms with Crippen molar-refractivity contribution in [1.29, 1.82) is 0 Å². The van der Waals surface area contributed by atoms with Gasteiger partial charge in [-0.1, -0.05) is 18.2 Å². The van der Waals surface area contributed by atoms with E-state index in [-0.39, 0.29) is 5.91 Å². The Hall–Kier alpha value is -2.67. The number of fused-ring (bicyclic) bond motifs is 1. The third-order valence-electron chi connectivity index (χ3n) is 3.10. The number of hydrogen-bond acceptors (Lipinski definition) is 4. The van der Waals surface area contributed by atoms with Crippen LogP contribution in [0.15, 0.2) is 36.7 Å². The molecule has 2 heterocycles. The molecule has 0 aliphatic carbocycles. The van der Waals surface area contributed by atoms with Gasteiger partial charge in [-0.25, -0.2) is 0 Å². The van der Waals surface area contributed by atoms with Crippen molar-refractivity contribution in [3.63, 3.8) is 0 Å². The van der Waals surface area contributed by atoms with Crippen molar-refractivity contribution in [3.05, 3.63) is 42.4 Å². The molecule has 7 heteroatoms. The summed E-state index contributed by atoms with van der Waals surface area (Å²) in [6.07, 6.45) is 3.36. The summed E-state index contributed by atoms with van der Waals surface area (Å²) in [6, 6.07) is 7.50. The smallest absolute Gasteiger partial charge is 0.276 e. The zero-order valence-electron chi connectivity index (χ0n) is 11.5. The van der Waals surface area contributed by atoms with Gasteiger partial charge >= 0.3 is 0 Å². The highest BCUT2D eigenvalue weighted by molar-refractivity contribution is 6.10. The molecule has 2 N–H and O–H groups in total. The fraction of sp³-hybridized carbons (Fsp3) is 0.214. The molecule has 0 aliphatic heterocycles. The topological polar surface area (TPSA) is 84.8 Å². The van der Waals surface area contributed by atoms with E-state index >= 15 is 0 Å².